The van der Waals surface area contributed by atoms with E-state index in [4.69, 9.17) is 0 Å². The van der Waals surface area contributed by atoms with Crippen molar-refractivity contribution < 1.29 is 0 Å². The maximum atomic E-state index is 4.26. The Labute approximate surface area is 101 Å². The summed E-state index contributed by atoms with van der Waals surface area (Å²) in [4.78, 5) is 0. The third-order valence-corrected chi connectivity index (χ3v) is 3.05. The number of nitrogens with one attached hydrogen (secondary N) is 1. The Bertz CT molecular complexity index is 445. The highest BCUT2D eigenvalue weighted by Crippen LogP contribution is 2.09. The van der Waals surface area contributed by atoms with Gasteiger partial charge in [0.1, 0.15) is 0 Å². The highest BCUT2D eigenvalue weighted by atomic mass is 15.3. The van der Waals surface area contributed by atoms with Gasteiger partial charge in [-0.15, -0.1) is 0 Å². The fraction of sp³-hybridized carbons (Fsp3) is 0.500. The number of aromatic nitrogens is 4. The van der Waals surface area contributed by atoms with Gasteiger partial charge in [0, 0.05) is 43.8 Å². The zero-order valence-electron chi connectivity index (χ0n) is 10.5. The zero-order valence-corrected chi connectivity index (χ0v) is 10.5. The smallest absolute Gasteiger partial charge is 0.0641 e. The number of hydrogen-bond donors (Lipinski definition) is 1. The van der Waals surface area contributed by atoms with Gasteiger partial charge in [0.15, 0.2) is 0 Å². The third-order valence-electron chi connectivity index (χ3n) is 3.05. The highest BCUT2D eigenvalue weighted by Gasteiger charge is 2.13. The van der Waals surface area contributed by atoms with Crippen molar-refractivity contribution in [2.24, 2.45) is 7.05 Å². The van der Waals surface area contributed by atoms with Gasteiger partial charge in [0.2, 0.25) is 0 Å². The van der Waals surface area contributed by atoms with Crippen LogP contribution in [0.25, 0.3) is 0 Å². The van der Waals surface area contributed by atoms with Crippen molar-refractivity contribution in [1.82, 2.24) is 24.9 Å². The Balaban J connectivity index is 1.87. The number of nitrogens with zero attached hydrogens (tertiary/aromatic N) is 4. The van der Waals surface area contributed by atoms with Crippen molar-refractivity contribution in [2.45, 2.75) is 32.5 Å². The predicted octanol–water partition coefficient (Wildman–Crippen LogP) is 1.36. The molecule has 0 spiro atoms. The van der Waals surface area contributed by atoms with Crippen molar-refractivity contribution in [1.29, 1.82) is 0 Å². The molecule has 0 saturated carbocycles. The maximum Gasteiger partial charge on any atom is 0.0641 e. The second kappa shape index (κ2) is 5.14. The van der Waals surface area contributed by atoms with Crippen LogP contribution in [0.4, 0.5) is 0 Å². The van der Waals surface area contributed by atoms with Gasteiger partial charge in [-0.25, -0.2) is 0 Å². The second-order valence-electron chi connectivity index (χ2n) is 4.42. The molecule has 0 saturated heterocycles. The maximum absolute atomic E-state index is 4.26. The Kier molecular flexibility index (Phi) is 3.58. The van der Waals surface area contributed by atoms with Crippen LogP contribution < -0.4 is 5.32 Å². The fourth-order valence-electron chi connectivity index (χ4n) is 1.76. The first-order chi connectivity index (χ1) is 8.16. The van der Waals surface area contributed by atoms with Crippen molar-refractivity contribution >= 4 is 0 Å². The molecule has 0 aromatic carbocycles. The predicted molar refractivity (Wildman–Crippen MR) is 66.4 cm³/mol. The minimum Gasteiger partial charge on any atom is -0.308 e. The quantitative estimate of drug-likeness (QED) is 0.848. The molecule has 1 N–H and O–H groups in total. The van der Waals surface area contributed by atoms with Crippen LogP contribution in [-0.4, -0.2) is 25.6 Å². The van der Waals surface area contributed by atoms with Gasteiger partial charge in [-0.2, -0.15) is 10.2 Å². The summed E-state index contributed by atoms with van der Waals surface area (Å²) in [5.41, 5.74) is 1.20. The summed E-state index contributed by atoms with van der Waals surface area (Å²) in [5.74, 6) is 0. The molecular weight excluding hydrogens is 214 g/mol. The molecule has 5 nitrogen and oxygen atoms in total. The van der Waals surface area contributed by atoms with Crippen LogP contribution >= 0.6 is 0 Å². The summed E-state index contributed by atoms with van der Waals surface area (Å²) in [6, 6.07) is 2.64. The van der Waals surface area contributed by atoms with E-state index in [2.05, 4.69) is 29.4 Å². The number of rotatable bonds is 5. The normalized spacial score (nSPS) is 14.8. The van der Waals surface area contributed by atoms with E-state index in [1.54, 1.807) is 0 Å². The van der Waals surface area contributed by atoms with E-state index in [-0.39, 0.29) is 0 Å². The molecule has 0 amide bonds. The van der Waals surface area contributed by atoms with Gasteiger partial charge < -0.3 is 5.32 Å². The monoisotopic (exact) mass is 233 g/mol. The van der Waals surface area contributed by atoms with Gasteiger partial charge in [-0.1, -0.05) is 0 Å². The van der Waals surface area contributed by atoms with Crippen LogP contribution in [-0.2, 0) is 13.6 Å². The van der Waals surface area contributed by atoms with Gasteiger partial charge in [0.05, 0.1) is 12.2 Å². The third kappa shape index (κ3) is 2.94. The van der Waals surface area contributed by atoms with Crippen LogP contribution in [0.5, 0.6) is 0 Å². The summed E-state index contributed by atoms with van der Waals surface area (Å²) in [7, 11) is 1.93. The first-order valence-electron chi connectivity index (χ1n) is 5.87. The van der Waals surface area contributed by atoms with E-state index in [1.807, 2.05) is 47.3 Å². The zero-order chi connectivity index (χ0) is 12.3. The first-order valence-corrected chi connectivity index (χ1v) is 5.87. The minimum absolute atomic E-state index is 0.335. The van der Waals surface area contributed by atoms with Crippen LogP contribution in [0.3, 0.4) is 0 Å². The van der Waals surface area contributed by atoms with Gasteiger partial charge in [0.25, 0.3) is 0 Å². The molecule has 92 valence electrons. The lowest BCUT2D eigenvalue weighted by Gasteiger charge is -2.21. The van der Waals surface area contributed by atoms with E-state index in [1.165, 1.54) is 5.56 Å². The SMILES string of the molecule is C[C@H](NCc1cnn(C)c1)[C@@H](C)n1cccn1. The molecule has 17 heavy (non-hydrogen) atoms. The van der Waals surface area contributed by atoms with Gasteiger partial charge >= 0.3 is 0 Å². The molecule has 2 rings (SSSR count). The molecule has 0 radical (unpaired) electrons. The Hall–Kier alpha value is -1.62. The summed E-state index contributed by atoms with van der Waals surface area (Å²) >= 11 is 0. The van der Waals surface area contributed by atoms with E-state index in [9.17, 15) is 0 Å². The first kappa shape index (κ1) is 11.9. The van der Waals surface area contributed by atoms with Crippen LogP contribution in [0.1, 0.15) is 25.5 Å². The largest absolute Gasteiger partial charge is 0.308 e. The van der Waals surface area contributed by atoms with Crippen molar-refractivity contribution in [2.75, 3.05) is 0 Å². The fourth-order valence-corrected chi connectivity index (χ4v) is 1.76. The standard InChI is InChI=1S/C12H19N5/c1-10(11(2)17-6-4-5-14-17)13-7-12-8-15-16(3)9-12/h4-6,8-11,13H,7H2,1-3H3/t10-,11+/m0/s1. The molecule has 2 aromatic rings. The molecule has 2 heterocycles. The Morgan fingerprint density at radius 1 is 1.35 bits per heavy atom. The molecule has 2 aromatic heterocycles. The van der Waals surface area contributed by atoms with Crippen LogP contribution in [0, 0.1) is 0 Å². The molecule has 0 aliphatic carbocycles. The Morgan fingerprint density at radius 2 is 2.18 bits per heavy atom. The van der Waals surface area contributed by atoms with E-state index >= 15 is 0 Å². The summed E-state index contributed by atoms with van der Waals surface area (Å²) in [5, 5.41) is 11.9. The summed E-state index contributed by atoms with van der Waals surface area (Å²) < 4.78 is 3.79. The molecule has 2 atom stereocenters. The van der Waals surface area contributed by atoms with Gasteiger partial charge in [-0.05, 0) is 19.9 Å². The highest BCUT2D eigenvalue weighted by molar-refractivity contribution is 5.03. The average molecular weight is 233 g/mol. The summed E-state index contributed by atoms with van der Waals surface area (Å²) in [6.45, 7) is 5.16. The summed E-state index contributed by atoms with van der Waals surface area (Å²) in [6.07, 6.45) is 7.72. The second-order valence-corrected chi connectivity index (χ2v) is 4.42. The average Bonchev–Trinajstić information content (AvgIpc) is 2.95. The lowest BCUT2D eigenvalue weighted by Crippen LogP contribution is -2.33. The lowest BCUT2D eigenvalue weighted by atomic mass is 10.1. The molecule has 0 bridgehead atoms. The van der Waals surface area contributed by atoms with Crippen molar-refractivity contribution in [3.63, 3.8) is 0 Å². The molecule has 0 fully saturated rings. The molecule has 5 heteroatoms. The number of hydrogen-bond acceptors (Lipinski definition) is 3. The molecular formula is C12H19N5. The minimum atomic E-state index is 0.335. The molecule has 0 aliphatic heterocycles. The van der Waals surface area contributed by atoms with E-state index < -0.39 is 0 Å². The topological polar surface area (TPSA) is 47.7 Å². The van der Waals surface area contributed by atoms with Crippen molar-refractivity contribution in [3.05, 3.63) is 36.4 Å². The van der Waals surface area contributed by atoms with E-state index in [0.29, 0.717) is 12.1 Å². The van der Waals surface area contributed by atoms with Crippen LogP contribution in [0.15, 0.2) is 30.9 Å². The Morgan fingerprint density at radius 3 is 2.76 bits per heavy atom. The van der Waals surface area contributed by atoms with Crippen LogP contribution in [0.2, 0.25) is 0 Å². The number of aryl methyl sites for hydroxylation is 1. The van der Waals surface area contributed by atoms with Crippen molar-refractivity contribution in [3.8, 4) is 0 Å². The lowest BCUT2D eigenvalue weighted by molar-refractivity contribution is 0.365. The van der Waals surface area contributed by atoms with E-state index in [0.717, 1.165) is 6.54 Å². The molecule has 0 unspecified atom stereocenters. The van der Waals surface area contributed by atoms with Gasteiger partial charge in [-0.3, -0.25) is 9.36 Å². The molecule has 0 aliphatic rings.